The van der Waals surface area contributed by atoms with Crippen molar-refractivity contribution < 1.29 is 22.3 Å². The zero-order valence-electron chi connectivity index (χ0n) is 14.9. The van der Waals surface area contributed by atoms with E-state index >= 15 is 0 Å². The van der Waals surface area contributed by atoms with Crippen LogP contribution in [0.4, 0.5) is 4.39 Å². The van der Waals surface area contributed by atoms with Crippen molar-refractivity contribution in [1.29, 1.82) is 0 Å². The molecule has 9 heteroatoms. The molecule has 0 aromatic heterocycles. The molecule has 0 bridgehead atoms. The molecule has 3 rings (SSSR count). The molecule has 0 unspecified atom stereocenters. The molecule has 1 saturated heterocycles. The van der Waals surface area contributed by atoms with Crippen LogP contribution >= 0.6 is 11.6 Å². The lowest BCUT2D eigenvalue weighted by Gasteiger charge is -2.37. The van der Waals surface area contributed by atoms with E-state index in [2.05, 4.69) is 0 Å². The fraction of sp³-hybridized carbons (Fsp3) is 0.316. The summed E-state index contributed by atoms with van der Waals surface area (Å²) >= 11 is 5.87. The second kappa shape index (κ2) is 8.46. The van der Waals surface area contributed by atoms with Gasteiger partial charge in [-0.3, -0.25) is 4.79 Å². The summed E-state index contributed by atoms with van der Waals surface area (Å²) in [7, 11) is -4.03. The minimum absolute atomic E-state index is 0.0118. The van der Waals surface area contributed by atoms with Crippen LogP contribution in [-0.2, 0) is 14.8 Å². The normalized spacial score (nSPS) is 20.6. The lowest BCUT2D eigenvalue weighted by molar-refractivity contribution is -0.120. The van der Waals surface area contributed by atoms with Crippen LogP contribution in [0.2, 0.25) is 5.02 Å². The van der Waals surface area contributed by atoms with Crippen molar-refractivity contribution >= 4 is 27.5 Å². The molecule has 28 heavy (non-hydrogen) atoms. The first-order valence-corrected chi connectivity index (χ1v) is 10.5. The lowest BCUT2D eigenvalue weighted by atomic mass is 9.92. The van der Waals surface area contributed by atoms with Crippen molar-refractivity contribution in [3.8, 4) is 5.75 Å². The minimum Gasteiger partial charge on any atom is -0.490 e. The van der Waals surface area contributed by atoms with Crippen LogP contribution in [0, 0.1) is 11.7 Å². The standard InChI is InChI=1S/C19H20ClFN2O4S/c20-14-5-7-15(8-6-14)27-17-9-10-23(12-13(17)11-19(22)24)28(25,26)18-4-2-1-3-16(18)21/h1-8,13,17H,9-12H2,(H2,22,24)/t13-,17-/m0/s1. The molecule has 2 aromatic carbocycles. The van der Waals surface area contributed by atoms with Gasteiger partial charge in [0.15, 0.2) is 0 Å². The Morgan fingerprint density at radius 3 is 2.54 bits per heavy atom. The summed E-state index contributed by atoms with van der Waals surface area (Å²) in [6.07, 6.45) is -0.101. The van der Waals surface area contributed by atoms with Crippen molar-refractivity contribution in [2.45, 2.75) is 23.8 Å². The molecule has 0 radical (unpaired) electrons. The number of amides is 1. The Labute approximate surface area is 168 Å². The highest BCUT2D eigenvalue weighted by Crippen LogP contribution is 2.30. The van der Waals surface area contributed by atoms with Crippen LogP contribution < -0.4 is 10.5 Å². The molecule has 1 amide bonds. The van der Waals surface area contributed by atoms with Crippen LogP contribution in [0.25, 0.3) is 0 Å². The summed E-state index contributed by atoms with van der Waals surface area (Å²) in [6.45, 7) is 0.155. The van der Waals surface area contributed by atoms with E-state index in [4.69, 9.17) is 22.1 Å². The maximum atomic E-state index is 14.0. The Hall–Kier alpha value is -2.16. The number of primary amides is 1. The van der Waals surface area contributed by atoms with Crippen molar-refractivity contribution in [2.24, 2.45) is 11.7 Å². The van der Waals surface area contributed by atoms with Gasteiger partial charge in [0, 0.05) is 30.5 Å². The Balaban J connectivity index is 1.81. The van der Waals surface area contributed by atoms with E-state index in [1.165, 1.54) is 22.5 Å². The van der Waals surface area contributed by atoms with E-state index in [1.54, 1.807) is 24.3 Å². The molecule has 1 heterocycles. The van der Waals surface area contributed by atoms with Crippen LogP contribution in [0.3, 0.4) is 0 Å². The third-order valence-corrected chi connectivity index (χ3v) is 6.80. The van der Waals surface area contributed by atoms with Gasteiger partial charge in [0.1, 0.15) is 22.6 Å². The summed E-state index contributed by atoms with van der Waals surface area (Å²) in [5.74, 6) is -1.26. The van der Waals surface area contributed by atoms with Gasteiger partial charge in [-0.25, -0.2) is 12.8 Å². The van der Waals surface area contributed by atoms with E-state index in [0.717, 1.165) is 6.07 Å². The second-order valence-corrected chi connectivity index (χ2v) is 8.97. The largest absolute Gasteiger partial charge is 0.490 e. The SMILES string of the molecule is NC(=O)C[C@H]1CN(S(=O)(=O)c2ccccc2F)CC[C@@H]1Oc1ccc(Cl)cc1. The predicted octanol–water partition coefficient (Wildman–Crippen LogP) is 2.81. The Morgan fingerprint density at radius 1 is 1.21 bits per heavy atom. The summed E-state index contributed by atoms with van der Waals surface area (Å²) in [4.78, 5) is 11.1. The van der Waals surface area contributed by atoms with Crippen LogP contribution in [0.5, 0.6) is 5.75 Å². The number of sulfonamides is 1. The van der Waals surface area contributed by atoms with Gasteiger partial charge in [-0.15, -0.1) is 0 Å². The number of carbonyl (C=O) groups excluding carboxylic acids is 1. The van der Waals surface area contributed by atoms with Gasteiger partial charge < -0.3 is 10.5 Å². The van der Waals surface area contributed by atoms with Gasteiger partial charge in [0.05, 0.1) is 0 Å². The first kappa shape index (κ1) is 20.6. The van der Waals surface area contributed by atoms with E-state index in [0.29, 0.717) is 17.2 Å². The van der Waals surface area contributed by atoms with Crippen molar-refractivity contribution in [3.05, 3.63) is 59.4 Å². The third-order valence-electron chi connectivity index (χ3n) is 4.65. The van der Waals surface area contributed by atoms with Gasteiger partial charge in [-0.2, -0.15) is 4.31 Å². The number of halogens is 2. The highest BCUT2D eigenvalue weighted by Gasteiger charge is 2.38. The van der Waals surface area contributed by atoms with E-state index in [1.807, 2.05) is 0 Å². The first-order valence-electron chi connectivity index (χ1n) is 8.72. The van der Waals surface area contributed by atoms with Gasteiger partial charge >= 0.3 is 0 Å². The van der Waals surface area contributed by atoms with E-state index in [9.17, 15) is 17.6 Å². The number of hydrogen-bond donors (Lipinski definition) is 1. The van der Waals surface area contributed by atoms with Crippen molar-refractivity contribution in [3.63, 3.8) is 0 Å². The van der Waals surface area contributed by atoms with Gasteiger partial charge in [0.25, 0.3) is 0 Å². The van der Waals surface area contributed by atoms with Crippen LogP contribution in [0.15, 0.2) is 53.4 Å². The average molecular weight is 427 g/mol. The summed E-state index contributed by atoms with van der Waals surface area (Å²) in [5, 5.41) is 0.562. The second-order valence-electron chi connectivity index (χ2n) is 6.62. The zero-order valence-corrected chi connectivity index (χ0v) is 16.5. The first-order chi connectivity index (χ1) is 13.3. The molecule has 1 fully saturated rings. The predicted molar refractivity (Wildman–Crippen MR) is 103 cm³/mol. The molecular weight excluding hydrogens is 407 g/mol. The molecule has 150 valence electrons. The number of ether oxygens (including phenoxy) is 1. The molecule has 0 spiro atoms. The number of benzene rings is 2. The zero-order chi connectivity index (χ0) is 20.3. The molecule has 2 N–H and O–H groups in total. The molecule has 0 saturated carbocycles. The topological polar surface area (TPSA) is 89.7 Å². The number of carbonyl (C=O) groups is 1. The highest BCUT2D eigenvalue weighted by molar-refractivity contribution is 7.89. The number of hydrogen-bond acceptors (Lipinski definition) is 4. The number of nitrogens with zero attached hydrogens (tertiary/aromatic N) is 1. The highest BCUT2D eigenvalue weighted by atomic mass is 35.5. The number of rotatable bonds is 6. The van der Waals surface area contributed by atoms with Gasteiger partial charge in [0.2, 0.25) is 15.9 Å². The Kier molecular flexibility index (Phi) is 6.22. The fourth-order valence-electron chi connectivity index (χ4n) is 3.29. The Morgan fingerprint density at radius 2 is 1.89 bits per heavy atom. The Bertz CT molecular complexity index is 953. The smallest absolute Gasteiger partial charge is 0.245 e. The maximum Gasteiger partial charge on any atom is 0.245 e. The fourth-order valence-corrected chi connectivity index (χ4v) is 4.99. The monoisotopic (exact) mass is 426 g/mol. The summed E-state index contributed by atoms with van der Waals surface area (Å²) in [5.41, 5.74) is 5.35. The molecule has 0 aliphatic carbocycles. The molecule has 2 atom stereocenters. The molecule has 6 nitrogen and oxygen atoms in total. The third kappa shape index (κ3) is 4.63. The molecule has 1 aliphatic heterocycles. The van der Waals surface area contributed by atoms with Crippen LogP contribution in [0.1, 0.15) is 12.8 Å². The summed E-state index contributed by atoms with van der Waals surface area (Å²) < 4.78 is 46.9. The van der Waals surface area contributed by atoms with E-state index < -0.39 is 33.8 Å². The molecular formula is C19H20ClFN2O4S. The van der Waals surface area contributed by atoms with Crippen LogP contribution in [-0.4, -0.2) is 37.8 Å². The minimum atomic E-state index is -4.03. The van der Waals surface area contributed by atoms with Crippen molar-refractivity contribution in [2.75, 3.05) is 13.1 Å². The van der Waals surface area contributed by atoms with E-state index in [-0.39, 0.29) is 24.4 Å². The van der Waals surface area contributed by atoms with Crippen molar-refractivity contribution in [1.82, 2.24) is 4.31 Å². The number of piperidine rings is 1. The van der Waals surface area contributed by atoms with Gasteiger partial charge in [-0.05, 0) is 42.8 Å². The molecule has 1 aliphatic rings. The quantitative estimate of drug-likeness (QED) is 0.769. The average Bonchev–Trinajstić information content (AvgIpc) is 2.64. The maximum absolute atomic E-state index is 14.0. The number of nitrogens with two attached hydrogens (primary N) is 1. The molecule has 2 aromatic rings. The summed E-state index contributed by atoms with van der Waals surface area (Å²) in [6, 6.07) is 12.0. The lowest BCUT2D eigenvalue weighted by Crippen LogP contribution is -2.49. The van der Waals surface area contributed by atoms with Gasteiger partial charge in [-0.1, -0.05) is 23.7 Å².